The highest BCUT2D eigenvalue weighted by Gasteiger charge is 2.33. The van der Waals surface area contributed by atoms with E-state index in [1.165, 1.54) is 96.2 Å². The second-order valence-corrected chi connectivity index (χ2v) is 13.6. The first-order valence-corrected chi connectivity index (χ1v) is 17.9. The minimum atomic E-state index is -0.419. The lowest BCUT2D eigenvalue weighted by atomic mass is 9.93. The van der Waals surface area contributed by atoms with Gasteiger partial charge in [0.1, 0.15) is 5.60 Å². The average Bonchev–Trinajstić information content (AvgIpc) is 3.08. The molecule has 0 saturated carbocycles. The van der Waals surface area contributed by atoms with Crippen molar-refractivity contribution < 1.29 is 9.53 Å². The number of hydrogen-bond acceptors (Lipinski definition) is 5. The van der Waals surface area contributed by atoms with Gasteiger partial charge in [0.25, 0.3) is 0 Å². The molecule has 1 amide bonds. The van der Waals surface area contributed by atoms with E-state index in [1.54, 1.807) is 0 Å². The summed E-state index contributed by atoms with van der Waals surface area (Å²) in [4.78, 5) is 20.8. The van der Waals surface area contributed by atoms with Crippen LogP contribution >= 0.6 is 0 Å². The Bertz CT molecular complexity index is 1280. The summed E-state index contributed by atoms with van der Waals surface area (Å²) in [6.45, 7) is 12.6. The fraction of sp³-hybridized carbons (Fsp3) is 0.525. The van der Waals surface area contributed by atoms with Crippen molar-refractivity contribution in [2.24, 2.45) is 0 Å². The van der Waals surface area contributed by atoms with E-state index >= 15 is 0 Å². The van der Waals surface area contributed by atoms with Crippen LogP contribution in [0.4, 0.5) is 10.5 Å². The van der Waals surface area contributed by atoms with Crippen LogP contribution in [0.3, 0.4) is 0 Å². The smallest absolute Gasteiger partial charge is 0.412 e. The Morgan fingerprint density at radius 1 is 0.630 bits per heavy atom. The molecule has 2 fully saturated rings. The Morgan fingerprint density at radius 3 is 1.76 bits per heavy atom. The number of benzene rings is 3. The molecule has 2 aliphatic heterocycles. The highest BCUT2D eigenvalue weighted by Crippen LogP contribution is 2.30. The lowest BCUT2D eigenvalue weighted by Gasteiger charge is -2.38. The monoisotopic (exact) mass is 624 g/mol. The number of nitrogens with one attached hydrogen (secondary N) is 1. The number of piperazine rings is 1. The van der Waals surface area contributed by atoms with Crippen molar-refractivity contribution >= 4 is 11.8 Å². The number of carbonyl (C=O) groups is 1. The predicted octanol–water partition coefficient (Wildman–Crippen LogP) is 8.35. The van der Waals surface area contributed by atoms with Crippen LogP contribution in [0, 0.1) is 0 Å². The molecule has 0 bridgehead atoms. The number of unbranched alkanes of at least 4 members (excludes halogenated alkanes) is 5. The third-order valence-electron chi connectivity index (χ3n) is 9.95. The van der Waals surface area contributed by atoms with Gasteiger partial charge in [-0.05, 0) is 82.3 Å². The molecular weight excluding hydrogens is 568 g/mol. The van der Waals surface area contributed by atoms with Crippen LogP contribution in [0.1, 0.15) is 70.3 Å². The molecule has 248 valence electrons. The zero-order valence-electron chi connectivity index (χ0n) is 28.2. The standard InChI is InChI=1S/C40H56N4O2/c1-40(46-39(45)41-38-23-13-12-22-37(38)36-20-10-7-11-21-36)24-29-42(30-25-40)26-14-4-2-3-5-15-27-43-31-33-44(34-32-43)28-16-19-35-17-8-6-9-18-35/h6-13,17-18,20-23H,2-5,14-16,19,24-34H2,1H3,(H,41,45). The molecule has 1 N–H and O–H groups in total. The molecular formula is C40H56N4O2. The van der Waals surface area contributed by atoms with Gasteiger partial charge in [0.15, 0.2) is 0 Å². The molecule has 0 radical (unpaired) electrons. The quantitative estimate of drug-likeness (QED) is 0.162. The summed E-state index contributed by atoms with van der Waals surface area (Å²) in [6, 6.07) is 28.9. The number of carbonyl (C=O) groups excluding carboxylic acids is 1. The van der Waals surface area contributed by atoms with Crippen LogP contribution in [-0.2, 0) is 11.2 Å². The van der Waals surface area contributed by atoms with Crippen molar-refractivity contribution in [2.45, 2.75) is 76.7 Å². The molecule has 0 aliphatic carbocycles. The largest absolute Gasteiger partial charge is 0.443 e. The maximum Gasteiger partial charge on any atom is 0.412 e. The van der Waals surface area contributed by atoms with Gasteiger partial charge in [0.05, 0.1) is 5.69 Å². The zero-order valence-corrected chi connectivity index (χ0v) is 28.2. The zero-order chi connectivity index (χ0) is 31.9. The number of amides is 1. The maximum absolute atomic E-state index is 12.9. The van der Waals surface area contributed by atoms with E-state index in [2.05, 4.69) is 69.4 Å². The van der Waals surface area contributed by atoms with Crippen molar-refractivity contribution in [3.05, 3.63) is 90.5 Å². The van der Waals surface area contributed by atoms with E-state index in [1.807, 2.05) is 42.5 Å². The van der Waals surface area contributed by atoms with Crippen molar-refractivity contribution in [2.75, 3.05) is 64.2 Å². The van der Waals surface area contributed by atoms with Crippen LogP contribution in [0.15, 0.2) is 84.9 Å². The van der Waals surface area contributed by atoms with E-state index in [-0.39, 0.29) is 6.09 Å². The number of piperidine rings is 1. The van der Waals surface area contributed by atoms with Crippen LogP contribution in [0.25, 0.3) is 11.1 Å². The van der Waals surface area contributed by atoms with E-state index in [0.29, 0.717) is 0 Å². The Hall–Kier alpha value is -3.19. The van der Waals surface area contributed by atoms with Crippen LogP contribution in [0.2, 0.25) is 0 Å². The lowest BCUT2D eigenvalue weighted by Crippen LogP contribution is -2.46. The summed E-state index contributed by atoms with van der Waals surface area (Å²) >= 11 is 0. The molecule has 5 rings (SSSR count). The first-order valence-electron chi connectivity index (χ1n) is 17.9. The summed E-state index contributed by atoms with van der Waals surface area (Å²) in [7, 11) is 0. The lowest BCUT2D eigenvalue weighted by molar-refractivity contribution is -0.0163. The van der Waals surface area contributed by atoms with Crippen LogP contribution in [0.5, 0.6) is 0 Å². The number of nitrogens with zero attached hydrogens (tertiary/aromatic N) is 3. The molecule has 3 aromatic rings. The third-order valence-corrected chi connectivity index (χ3v) is 9.95. The molecule has 2 aliphatic rings. The molecule has 0 aromatic heterocycles. The fourth-order valence-corrected chi connectivity index (χ4v) is 6.94. The number of aryl methyl sites for hydroxylation is 1. The Labute approximate surface area is 278 Å². The molecule has 0 atom stereocenters. The first kappa shape index (κ1) is 34.2. The van der Waals surface area contributed by atoms with Gasteiger partial charge in [-0.3, -0.25) is 5.32 Å². The predicted molar refractivity (Wildman–Crippen MR) is 191 cm³/mol. The van der Waals surface area contributed by atoms with Crippen molar-refractivity contribution in [3.63, 3.8) is 0 Å². The highest BCUT2D eigenvalue weighted by molar-refractivity contribution is 5.91. The van der Waals surface area contributed by atoms with Crippen molar-refractivity contribution in [1.82, 2.24) is 14.7 Å². The second-order valence-electron chi connectivity index (χ2n) is 13.6. The molecule has 0 unspecified atom stereocenters. The fourth-order valence-electron chi connectivity index (χ4n) is 6.94. The van der Waals surface area contributed by atoms with Gasteiger partial charge in [0, 0.05) is 44.8 Å². The number of para-hydroxylation sites is 1. The molecule has 0 spiro atoms. The number of anilines is 1. The minimum absolute atomic E-state index is 0.365. The Morgan fingerprint density at radius 2 is 1.13 bits per heavy atom. The summed E-state index contributed by atoms with van der Waals surface area (Å²) < 4.78 is 6.00. The van der Waals surface area contributed by atoms with Gasteiger partial charge in [-0.1, -0.05) is 105 Å². The molecule has 46 heavy (non-hydrogen) atoms. The number of ether oxygens (including phenoxy) is 1. The number of hydrogen-bond donors (Lipinski definition) is 1. The van der Waals surface area contributed by atoms with E-state index in [4.69, 9.17) is 4.74 Å². The maximum atomic E-state index is 12.9. The molecule has 6 heteroatoms. The number of rotatable bonds is 16. The van der Waals surface area contributed by atoms with Gasteiger partial charge in [-0.15, -0.1) is 0 Å². The molecule has 3 aromatic carbocycles. The summed E-state index contributed by atoms with van der Waals surface area (Å²) in [5.74, 6) is 0. The van der Waals surface area contributed by atoms with E-state index in [0.717, 1.165) is 49.3 Å². The average molecular weight is 625 g/mol. The van der Waals surface area contributed by atoms with Gasteiger partial charge < -0.3 is 19.4 Å². The molecule has 2 saturated heterocycles. The minimum Gasteiger partial charge on any atom is -0.443 e. The van der Waals surface area contributed by atoms with Crippen molar-refractivity contribution in [1.29, 1.82) is 0 Å². The van der Waals surface area contributed by atoms with E-state index < -0.39 is 5.60 Å². The van der Waals surface area contributed by atoms with Gasteiger partial charge in [-0.2, -0.15) is 0 Å². The third kappa shape index (κ3) is 11.3. The van der Waals surface area contributed by atoms with Gasteiger partial charge in [0.2, 0.25) is 0 Å². The SMILES string of the molecule is CC1(OC(=O)Nc2ccccc2-c2ccccc2)CCN(CCCCCCCCN2CCN(CCCc3ccccc3)CC2)CC1. The highest BCUT2D eigenvalue weighted by atomic mass is 16.6. The van der Waals surface area contributed by atoms with Gasteiger partial charge in [-0.25, -0.2) is 4.79 Å². The Kier molecular flexibility index (Phi) is 13.5. The summed E-state index contributed by atoms with van der Waals surface area (Å²) in [5.41, 5.74) is 3.90. The second kappa shape index (κ2) is 18.2. The normalized spacial score (nSPS) is 17.5. The van der Waals surface area contributed by atoms with Gasteiger partial charge >= 0.3 is 6.09 Å². The summed E-state index contributed by atoms with van der Waals surface area (Å²) in [5, 5.41) is 3.01. The molecule has 2 heterocycles. The Balaban J connectivity index is 0.866. The van der Waals surface area contributed by atoms with E-state index in [9.17, 15) is 4.79 Å². The van der Waals surface area contributed by atoms with Crippen molar-refractivity contribution in [3.8, 4) is 11.1 Å². The van der Waals surface area contributed by atoms with Crippen LogP contribution in [-0.4, -0.2) is 85.3 Å². The van der Waals surface area contributed by atoms with Crippen LogP contribution < -0.4 is 5.32 Å². The first-order chi connectivity index (χ1) is 22.6. The summed E-state index contributed by atoms with van der Waals surface area (Å²) in [6.07, 6.45) is 11.8. The number of likely N-dealkylation sites (tertiary alicyclic amines) is 1. The topological polar surface area (TPSA) is 48.1 Å². The molecule has 6 nitrogen and oxygen atoms in total.